The molecule has 2 nitrogen and oxygen atoms in total. The molecule has 70 valence electrons. The molecule has 0 aromatic heterocycles. The third-order valence-corrected chi connectivity index (χ3v) is 1.85. The van der Waals surface area contributed by atoms with E-state index in [0.29, 0.717) is 0 Å². The van der Waals surface area contributed by atoms with Crippen LogP contribution in [0.2, 0.25) is 5.02 Å². The van der Waals surface area contributed by atoms with Gasteiger partial charge in [0, 0.05) is 5.56 Å². The van der Waals surface area contributed by atoms with Gasteiger partial charge in [0.15, 0.2) is 5.78 Å². The highest BCUT2D eigenvalue weighted by atomic mass is 35.5. The van der Waals surface area contributed by atoms with E-state index < -0.39 is 22.4 Å². The first-order chi connectivity index (χ1) is 6.06. The Morgan fingerprint density at radius 2 is 1.85 bits per heavy atom. The van der Waals surface area contributed by atoms with Gasteiger partial charge in [-0.05, 0) is 12.1 Å². The summed E-state index contributed by atoms with van der Waals surface area (Å²) in [4.78, 5) is 10.9. The number of hydrogen-bond acceptors (Lipinski definition) is 2. The zero-order valence-corrected chi connectivity index (χ0v) is 7.24. The molecule has 0 amide bonds. The van der Waals surface area contributed by atoms with Crippen molar-refractivity contribution in [2.45, 2.75) is 0 Å². The van der Waals surface area contributed by atoms with Gasteiger partial charge in [0.2, 0.25) is 0 Å². The molecule has 0 saturated carbocycles. The van der Waals surface area contributed by atoms with Crippen LogP contribution < -0.4 is 5.73 Å². The van der Waals surface area contributed by atoms with E-state index in [1.165, 1.54) is 0 Å². The summed E-state index contributed by atoms with van der Waals surface area (Å²) in [5.41, 5.74) is 4.91. The molecular weight excluding hydrogens is 200 g/mol. The molecule has 1 aromatic rings. The average Bonchev–Trinajstić information content (AvgIpc) is 2.12. The standard InChI is InChI=1S/C8H6ClF2NO/c9-8-5(10)1-4(2-6(8)11)7(13)3-12/h1-2H,3,12H2. The monoisotopic (exact) mass is 205 g/mol. The van der Waals surface area contributed by atoms with Crippen LogP contribution in [-0.4, -0.2) is 12.3 Å². The van der Waals surface area contributed by atoms with E-state index in [4.69, 9.17) is 17.3 Å². The Kier molecular flexibility index (Phi) is 2.95. The van der Waals surface area contributed by atoms with Crippen LogP contribution in [0, 0.1) is 11.6 Å². The van der Waals surface area contributed by atoms with Gasteiger partial charge in [0.25, 0.3) is 0 Å². The van der Waals surface area contributed by atoms with Crippen LogP contribution in [0.15, 0.2) is 12.1 Å². The van der Waals surface area contributed by atoms with Crippen LogP contribution in [-0.2, 0) is 0 Å². The molecule has 2 N–H and O–H groups in total. The van der Waals surface area contributed by atoms with Gasteiger partial charge >= 0.3 is 0 Å². The van der Waals surface area contributed by atoms with E-state index in [2.05, 4.69) is 0 Å². The maximum absolute atomic E-state index is 12.8. The Bertz CT molecular complexity index is 331. The number of halogens is 3. The summed E-state index contributed by atoms with van der Waals surface area (Å²) in [5.74, 6) is -2.45. The van der Waals surface area contributed by atoms with Crippen molar-refractivity contribution in [3.63, 3.8) is 0 Å². The van der Waals surface area contributed by atoms with Gasteiger partial charge < -0.3 is 5.73 Å². The van der Waals surface area contributed by atoms with Gasteiger partial charge in [-0.25, -0.2) is 8.78 Å². The van der Waals surface area contributed by atoms with E-state index in [1.807, 2.05) is 0 Å². The topological polar surface area (TPSA) is 43.1 Å². The number of nitrogens with two attached hydrogens (primary N) is 1. The van der Waals surface area contributed by atoms with E-state index in [9.17, 15) is 13.6 Å². The molecule has 0 aliphatic carbocycles. The fourth-order valence-electron chi connectivity index (χ4n) is 0.834. The molecule has 1 rings (SSSR count). The number of benzene rings is 1. The number of Topliss-reactive ketones (excluding diaryl/α,β-unsaturated/α-hetero) is 1. The summed E-state index contributed by atoms with van der Waals surface area (Å²) in [7, 11) is 0. The van der Waals surface area contributed by atoms with Crippen molar-refractivity contribution in [3.8, 4) is 0 Å². The van der Waals surface area contributed by atoms with Crippen LogP contribution in [0.3, 0.4) is 0 Å². The fraction of sp³-hybridized carbons (Fsp3) is 0.125. The molecule has 0 spiro atoms. The van der Waals surface area contributed by atoms with E-state index in [-0.39, 0.29) is 12.1 Å². The van der Waals surface area contributed by atoms with E-state index >= 15 is 0 Å². The smallest absolute Gasteiger partial charge is 0.176 e. The van der Waals surface area contributed by atoms with Crippen molar-refractivity contribution in [3.05, 3.63) is 34.4 Å². The lowest BCUT2D eigenvalue weighted by atomic mass is 10.1. The molecule has 13 heavy (non-hydrogen) atoms. The fourth-order valence-corrected chi connectivity index (χ4v) is 0.943. The summed E-state index contributed by atoms with van der Waals surface area (Å²) in [6, 6.07) is 1.72. The van der Waals surface area contributed by atoms with Gasteiger partial charge in [-0.1, -0.05) is 11.6 Å². The van der Waals surface area contributed by atoms with Crippen LogP contribution in [0.5, 0.6) is 0 Å². The summed E-state index contributed by atoms with van der Waals surface area (Å²) in [5, 5.41) is -0.617. The first-order valence-corrected chi connectivity index (χ1v) is 3.82. The number of rotatable bonds is 2. The zero-order chi connectivity index (χ0) is 10.0. The van der Waals surface area contributed by atoms with Crippen molar-refractivity contribution in [2.75, 3.05) is 6.54 Å². The molecule has 0 bridgehead atoms. The molecule has 5 heteroatoms. The summed E-state index contributed by atoms with van der Waals surface area (Å²) >= 11 is 5.20. The summed E-state index contributed by atoms with van der Waals surface area (Å²) in [6.45, 7) is -0.291. The van der Waals surface area contributed by atoms with Gasteiger partial charge in [0.1, 0.15) is 16.7 Å². The van der Waals surface area contributed by atoms with Gasteiger partial charge in [0.05, 0.1) is 6.54 Å². The number of carbonyl (C=O) groups excluding carboxylic acids is 1. The molecule has 0 heterocycles. The molecule has 0 aliphatic rings. The second kappa shape index (κ2) is 3.81. The third-order valence-electron chi connectivity index (χ3n) is 1.49. The Morgan fingerprint density at radius 3 is 2.23 bits per heavy atom. The zero-order valence-electron chi connectivity index (χ0n) is 6.48. The summed E-state index contributed by atoms with van der Waals surface area (Å²) < 4.78 is 25.5. The van der Waals surface area contributed by atoms with Crippen molar-refractivity contribution < 1.29 is 13.6 Å². The molecule has 0 aliphatic heterocycles. The normalized spacial score (nSPS) is 10.2. The lowest BCUT2D eigenvalue weighted by Crippen LogP contribution is -2.14. The van der Waals surface area contributed by atoms with Crippen LogP contribution in [0.4, 0.5) is 8.78 Å². The van der Waals surface area contributed by atoms with Crippen LogP contribution in [0.1, 0.15) is 10.4 Å². The average molecular weight is 206 g/mol. The molecule has 0 radical (unpaired) electrons. The Labute approximate surface area is 78.3 Å². The number of carbonyl (C=O) groups is 1. The van der Waals surface area contributed by atoms with Crippen molar-refractivity contribution >= 4 is 17.4 Å². The largest absolute Gasteiger partial charge is 0.324 e. The molecule has 0 fully saturated rings. The van der Waals surface area contributed by atoms with Crippen molar-refractivity contribution in [1.29, 1.82) is 0 Å². The lowest BCUT2D eigenvalue weighted by molar-refractivity contribution is 0.100. The first-order valence-electron chi connectivity index (χ1n) is 3.44. The number of ketones is 1. The SMILES string of the molecule is NCC(=O)c1cc(F)c(Cl)c(F)c1. The minimum absolute atomic E-state index is 0.109. The summed E-state index contributed by atoms with van der Waals surface area (Å²) in [6.07, 6.45) is 0. The highest BCUT2D eigenvalue weighted by Gasteiger charge is 2.12. The predicted molar refractivity (Wildman–Crippen MR) is 44.8 cm³/mol. The van der Waals surface area contributed by atoms with Crippen molar-refractivity contribution in [1.82, 2.24) is 0 Å². The minimum Gasteiger partial charge on any atom is -0.324 e. The molecule has 0 atom stereocenters. The molecule has 1 aromatic carbocycles. The maximum Gasteiger partial charge on any atom is 0.176 e. The number of hydrogen-bond donors (Lipinski definition) is 1. The van der Waals surface area contributed by atoms with Crippen molar-refractivity contribution in [2.24, 2.45) is 5.73 Å². The van der Waals surface area contributed by atoms with Crippen LogP contribution >= 0.6 is 11.6 Å². The first kappa shape index (κ1) is 10.1. The highest BCUT2D eigenvalue weighted by Crippen LogP contribution is 2.20. The van der Waals surface area contributed by atoms with Gasteiger partial charge in [-0.2, -0.15) is 0 Å². The quantitative estimate of drug-likeness (QED) is 0.591. The Morgan fingerprint density at radius 1 is 1.38 bits per heavy atom. The second-order valence-electron chi connectivity index (χ2n) is 2.38. The Hall–Kier alpha value is -1.00. The molecule has 0 saturated heterocycles. The molecule has 0 unspecified atom stereocenters. The van der Waals surface area contributed by atoms with Crippen LogP contribution in [0.25, 0.3) is 0 Å². The van der Waals surface area contributed by atoms with E-state index in [0.717, 1.165) is 12.1 Å². The predicted octanol–water partition coefficient (Wildman–Crippen LogP) is 1.76. The lowest BCUT2D eigenvalue weighted by Gasteiger charge is -2.00. The highest BCUT2D eigenvalue weighted by molar-refractivity contribution is 6.31. The van der Waals surface area contributed by atoms with Gasteiger partial charge in [-0.15, -0.1) is 0 Å². The maximum atomic E-state index is 12.8. The van der Waals surface area contributed by atoms with Gasteiger partial charge in [-0.3, -0.25) is 4.79 Å². The minimum atomic E-state index is -0.960. The Balaban J connectivity index is 3.20. The van der Waals surface area contributed by atoms with E-state index in [1.54, 1.807) is 0 Å². The molecular formula is C8H6ClF2NO. The second-order valence-corrected chi connectivity index (χ2v) is 2.76. The third kappa shape index (κ3) is 2.02.